The molecule has 0 saturated carbocycles. The molecule has 4 aromatic rings. The van der Waals surface area contributed by atoms with Gasteiger partial charge >= 0.3 is 5.97 Å². The van der Waals surface area contributed by atoms with Gasteiger partial charge in [-0.1, -0.05) is 60.7 Å². The number of benzene rings is 3. The first kappa shape index (κ1) is 20.3. The fraction of sp³-hybridized carbons (Fsp3) is 0.115. The summed E-state index contributed by atoms with van der Waals surface area (Å²) in [6.07, 6.45) is 3.50. The van der Waals surface area contributed by atoms with Crippen molar-refractivity contribution in [2.45, 2.75) is 19.3 Å². The second-order valence-corrected chi connectivity index (χ2v) is 7.33. The van der Waals surface area contributed by atoms with Crippen molar-refractivity contribution in [3.05, 3.63) is 114 Å². The van der Waals surface area contributed by atoms with Gasteiger partial charge in [0.1, 0.15) is 12.1 Å². The van der Waals surface area contributed by atoms with Gasteiger partial charge in [0.2, 0.25) is 0 Å². The van der Waals surface area contributed by atoms with Crippen LogP contribution >= 0.6 is 0 Å². The molecule has 1 heterocycles. The lowest BCUT2D eigenvalue weighted by Gasteiger charge is -2.27. The van der Waals surface area contributed by atoms with Crippen molar-refractivity contribution in [3.63, 3.8) is 0 Å². The molecule has 0 radical (unpaired) electrons. The number of rotatable bonds is 7. The zero-order valence-corrected chi connectivity index (χ0v) is 17.2. The van der Waals surface area contributed by atoms with Crippen LogP contribution in [-0.2, 0) is 11.2 Å². The molecule has 0 bridgehead atoms. The number of aliphatic carboxylic acids is 1. The number of carboxylic acids is 1. The third kappa shape index (κ3) is 4.46. The molecular formula is C26H23N3O2. The molecule has 0 amide bonds. The highest BCUT2D eigenvalue weighted by Gasteiger charge is 2.26. The first-order chi connectivity index (χ1) is 15.1. The van der Waals surface area contributed by atoms with Gasteiger partial charge in [-0.25, -0.2) is 9.97 Å². The Hall–Kier alpha value is -3.99. The minimum atomic E-state index is -0.866. The van der Waals surface area contributed by atoms with Gasteiger partial charge in [0.05, 0.1) is 5.92 Å². The molecule has 3 aromatic carbocycles. The SMILES string of the molecule is Cc1ccccc1C(Cc1cncnc1N(c1ccccc1)c1ccccc1)C(=O)O. The second-order valence-electron chi connectivity index (χ2n) is 7.33. The van der Waals surface area contributed by atoms with Crippen LogP contribution in [0.15, 0.2) is 97.5 Å². The van der Waals surface area contributed by atoms with E-state index in [1.807, 2.05) is 96.8 Å². The maximum atomic E-state index is 12.2. The van der Waals surface area contributed by atoms with E-state index in [0.717, 1.165) is 28.1 Å². The van der Waals surface area contributed by atoms with E-state index >= 15 is 0 Å². The lowest BCUT2D eigenvalue weighted by atomic mass is 9.89. The van der Waals surface area contributed by atoms with E-state index in [2.05, 4.69) is 9.97 Å². The van der Waals surface area contributed by atoms with Crippen molar-refractivity contribution >= 4 is 23.2 Å². The summed E-state index contributed by atoms with van der Waals surface area (Å²) in [5.74, 6) is -0.887. The summed E-state index contributed by atoms with van der Waals surface area (Å²) in [6.45, 7) is 1.94. The molecule has 1 aromatic heterocycles. The van der Waals surface area contributed by atoms with Gasteiger partial charge in [-0.15, -0.1) is 0 Å². The van der Waals surface area contributed by atoms with E-state index in [9.17, 15) is 9.90 Å². The van der Waals surface area contributed by atoms with Crippen molar-refractivity contribution in [1.29, 1.82) is 0 Å². The number of para-hydroxylation sites is 2. The summed E-state index contributed by atoms with van der Waals surface area (Å²) < 4.78 is 0. The maximum Gasteiger partial charge on any atom is 0.311 e. The van der Waals surface area contributed by atoms with Crippen molar-refractivity contribution < 1.29 is 9.90 Å². The van der Waals surface area contributed by atoms with Crippen molar-refractivity contribution in [1.82, 2.24) is 9.97 Å². The first-order valence-corrected chi connectivity index (χ1v) is 10.1. The minimum absolute atomic E-state index is 0.284. The molecular weight excluding hydrogens is 386 g/mol. The van der Waals surface area contributed by atoms with Gasteiger partial charge in [0.25, 0.3) is 0 Å². The summed E-state index contributed by atoms with van der Waals surface area (Å²) in [4.78, 5) is 23.1. The summed E-state index contributed by atoms with van der Waals surface area (Å²) in [7, 11) is 0. The third-order valence-electron chi connectivity index (χ3n) is 5.29. The van der Waals surface area contributed by atoms with Crippen LogP contribution in [0.1, 0.15) is 22.6 Å². The molecule has 1 N–H and O–H groups in total. The Bertz CT molecular complexity index is 1120. The fourth-order valence-electron chi connectivity index (χ4n) is 3.77. The van der Waals surface area contributed by atoms with Gasteiger partial charge in [-0.3, -0.25) is 9.69 Å². The third-order valence-corrected chi connectivity index (χ3v) is 5.29. The largest absolute Gasteiger partial charge is 0.481 e. The lowest BCUT2D eigenvalue weighted by molar-refractivity contribution is -0.138. The maximum absolute atomic E-state index is 12.2. The lowest BCUT2D eigenvalue weighted by Crippen LogP contribution is -2.19. The summed E-state index contributed by atoms with van der Waals surface area (Å²) in [5.41, 5.74) is 4.41. The summed E-state index contributed by atoms with van der Waals surface area (Å²) >= 11 is 0. The van der Waals surface area contributed by atoms with Gasteiger partial charge < -0.3 is 5.11 Å². The highest BCUT2D eigenvalue weighted by Crippen LogP contribution is 2.36. The summed E-state index contributed by atoms with van der Waals surface area (Å²) in [6, 6.07) is 27.5. The normalized spacial score (nSPS) is 11.6. The molecule has 0 fully saturated rings. The Labute approximate surface area is 181 Å². The molecule has 0 aliphatic carbocycles. The van der Waals surface area contributed by atoms with Crippen molar-refractivity contribution in [3.8, 4) is 0 Å². The fourth-order valence-corrected chi connectivity index (χ4v) is 3.77. The molecule has 0 spiro atoms. The quantitative estimate of drug-likeness (QED) is 0.426. The van der Waals surface area contributed by atoms with E-state index in [-0.39, 0.29) is 6.42 Å². The van der Waals surface area contributed by atoms with Crippen molar-refractivity contribution in [2.24, 2.45) is 0 Å². The molecule has 1 unspecified atom stereocenters. The Morgan fingerprint density at radius 1 is 0.903 bits per heavy atom. The van der Waals surface area contributed by atoms with Crippen LogP contribution in [0.5, 0.6) is 0 Å². The van der Waals surface area contributed by atoms with E-state index in [4.69, 9.17) is 0 Å². The molecule has 5 heteroatoms. The molecule has 0 aliphatic rings. The van der Waals surface area contributed by atoms with Crippen LogP contribution in [0.4, 0.5) is 17.2 Å². The Morgan fingerprint density at radius 3 is 2.06 bits per heavy atom. The zero-order chi connectivity index (χ0) is 21.6. The number of aromatic nitrogens is 2. The van der Waals surface area contributed by atoms with Crippen LogP contribution in [-0.4, -0.2) is 21.0 Å². The standard InChI is InChI=1S/C26H23N3O2/c1-19-10-8-9-15-23(19)24(26(30)31)16-20-17-27-18-28-25(20)29(21-11-4-2-5-12-21)22-13-6-3-7-14-22/h2-15,17-18,24H,16H2,1H3,(H,30,31). The predicted molar refractivity (Wildman–Crippen MR) is 122 cm³/mol. The van der Waals surface area contributed by atoms with Crippen LogP contribution in [0.3, 0.4) is 0 Å². The summed E-state index contributed by atoms with van der Waals surface area (Å²) in [5, 5.41) is 10.0. The van der Waals surface area contributed by atoms with E-state index < -0.39 is 11.9 Å². The number of anilines is 3. The number of nitrogens with zero attached hydrogens (tertiary/aromatic N) is 3. The topological polar surface area (TPSA) is 66.3 Å². The first-order valence-electron chi connectivity index (χ1n) is 10.1. The van der Waals surface area contributed by atoms with Gasteiger partial charge in [-0.05, 0) is 48.7 Å². The molecule has 1 atom stereocenters. The smallest absolute Gasteiger partial charge is 0.311 e. The van der Waals surface area contributed by atoms with Crippen LogP contribution < -0.4 is 4.90 Å². The Morgan fingerprint density at radius 2 is 1.48 bits per heavy atom. The molecule has 31 heavy (non-hydrogen) atoms. The Balaban J connectivity index is 1.81. The number of carbonyl (C=O) groups is 1. The molecule has 0 saturated heterocycles. The highest BCUT2D eigenvalue weighted by atomic mass is 16.4. The van der Waals surface area contributed by atoms with Gasteiger partial charge in [-0.2, -0.15) is 0 Å². The molecule has 154 valence electrons. The van der Waals surface area contributed by atoms with Gasteiger partial charge in [0.15, 0.2) is 0 Å². The zero-order valence-electron chi connectivity index (χ0n) is 17.2. The van der Waals surface area contributed by atoms with Gasteiger partial charge in [0, 0.05) is 23.1 Å². The monoisotopic (exact) mass is 409 g/mol. The average Bonchev–Trinajstić information content (AvgIpc) is 2.80. The number of hydrogen-bond acceptors (Lipinski definition) is 4. The Kier molecular flexibility index (Phi) is 6.03. The van der Waals surface area contributed by atoms with E-state index in [0.29, 0.717) is 5.82 Å². The minimum Gasteiger partial charge on any atom is -0.481 e. The highest BCUT2D eigenvalue weighted by molar-refractivity contribution is 5.79. The molecule has 5 nitrogen and oxygen atoms in total. The van der Waals surface area contributed by atoms with E-state index in [1.54, 1.807) is 6.20 Å². The predicted octanol–water partition coefficient (Wildman–Crippen LogP) is 5.67. The number of carboxylic acid groups (broad SMARTS) is 1. The molecule has 4 rings (SSSR count). The van der Waals surface area contributed by atoms with Crippen LogP contribution in [0.25, 0.3) is 0 Å². The van der Waals surface area contributed by atoms with E-state index in [1.165, 1.54) is 6.33 Å². The van der Waals surface area contributed by atoms with Crippen LogP contribution in [0.2, 0.25) is 0 Å². The van der Waals surface area contributed by atoms with Crippen molar-refractivity contribution in [2.75, 3.05) is 4.90 Å². The van der Waals surface area contributed by atoms with Crippen LogP contribution in [0, 0.1) is 6.92 Å². The molecule has 0 aliphatic heterocycles. The number of aryl methyl sites for hydroxylation is 1. The second kappa shape index (κ2) is 9.22. The average molecular weight is 409 g/mol. The number of hydrogen-bond donors (Lipinski definition) is 1.